The van der Waals surface area contributed by atoms with Crippen LogP contribution in [-0.2, 0) is 13.3 Å². The van der Waals surface area contributed by atoms with Crippen LogP contribution < -0.4 is 5.32 Å². The summed E-state index contributed by atoms with van der Waals surface area (Å²) in [6, 6.07) is 3.22. The number of non-ortho nitro benzene ring substituents is 2. The summed E-state index contributed by atoms with van der Waals surface area (Å²) in [4.78, 5) is 32.2. The van der Waals surface area contributed by atoms with Gasteiger partial charge in [-0.05, 0) is 6.42 Å². The Kier molecular flexibility index (Phi) is 7.57. The molecule has 0 aliphatic rings. The number of nitro groups is 2. The summed E-state index contributed by atoms with van der Waals surface area (Å²) in [7, 11) is 1.67. The second-order valence-corrected chi connectivity index (χ2v) is 8.00. The fourth-order valence-corrected chi connectivity index (χ4v) is 3.82. The van der Waals surface area contributed by atoms with Crippen LogP contribution in [0.5, 0.6) is 0 Å². The van der Waals surface area contributed by atoms with Crippen LogP contribution >= 0.6 is 0 Å². The molecular formula is C13H19N3O8Si. The SMILES string of the molecule is CO[Si](CCCNC(=O)c1cc([N+](=O)[O-])cc([N+](=O)[O-])c1)(OC)OC. The average Bonchev–Trinajstić information content (AvgIpc) is 2.61. The first-order chi connectivity index (χ1) is 11.8. The Bertz CT molecular complexity index is 610. The standard InChI is InChI=1S/C13H19N3O8Si/c1-22-25(23-2,24-3)6-4-5-14-13(17)10-7-11(15(18)19)9-12(8-10)16(20)21/h7-9H,4-6H2,1-3H3,(H,14,17). The number of nitrogens with one attached hydrogen (secondary N) is 1. The molecule has 0 unspecified atom stereocenters. The summed E-state index contributed by atoms with van der Waals surface area (Å²) in [6.07, 6.45) is 0.477. The van der Waals surface area contributed by atoms with Crippen molar-refractivity contribution in [3.63, 3.8) is 0 Å². The van der Waals surface area contributed by atoms with E-state index in [4.69, 9.17) is 13.3 Å². The van der Waals surface area contributed by atoms with Gasteiger partial charge in [0.25, 0.3) is 17.3 Å². The minimum atomic E-state index is -2.75. The maximum absolute atomic E-state index is 12.1. The molecule has 1 aromatic rings. The van der Waals surface area contributed by atoms with Gasteiger partial charge in [-0.25, -0.2) is 0 Å². The molecule has 11 nitrogen and oxygen atoms in total. The molecule has 0 aromatic heterocycles. The van der Waals surface area contributed by atoms with Gasteiger partial charge in [0, 0.05) is 46.1 Å². The van der Waals surface area contributed by atoms with Crippen molar-refractivity contribution in [3.05, 3.63) is 44.0 Å². The third-order valence-corrected chi connectivity index (χ3v) is 6.30. The molecule has 0 saturated carbocycles. The fraction of sp³-hybridized carbons (Fsp3) is 0.462. The first kappa shape index (κ1) is 20.6. The molecule has 0 heterocycles. The van der Waals surface area contributed by atoms with Crippen LogP contribution in [0.25, 0.3) is 0 Å². The number of rotatable bonds is 10. The van der Waals surface area contributed by atoms with Crippen LogP contribution in [0, 0.1) is 20.2 Å². The zero-order valence-corrected chi connectivity index (χ0v) is 15.0. The van der Waals surface area contributed by atoms with Gasteiger partial charge in [0.1, 0.15) is 0 Å². The number of nitrogens with zero attached hydrogens (tertiary/aromatic N) is 2. The van der Waals surface area contributed by atoms with Crippen LogP contribution in [0.1, 0.15) is 16.8 Å². The van der Waals surface area contributed by atoms with Gasteiger partial charge in [-0.2, -0.15) is 0 Å². The summed E-state index contributed by atoms with van der Waals surface area (Å²) < 4.78 is 15.7. The molecule has 0 bridgehead atoms. The molecule has 1 N–H and O–H groups in total. The van der Waals surface area contributed by atoms with E-state index in [-0.39, 0.29) is 12.1 Å². The molecule has 12 heteroatoms. The number of benzene rings is 1. The van der Waals surface area contributed by atoms with E-state index < -0.39 is 35.9 Å². The van der Waals surface area contributed by atoms with Crippen LogP contribution in [0.4, 0.5) is 11.4 Å². The molecule has 25 heavy (non-hydrogen) atoms. The lowest BCUT2D eigenvalue weighted by Gasteiger charge is -2.24. The number of hydrogen-bond donors (Lipinski definition) is 1. The second-order valence-electron chi connectivity index (χ2n) is 4.91. The predicted molar refractivity (Wildman–Crippen MR) is 88.3 cm³/mol. The Morgan fingerprint density at radius 2 is 1.52 bits per heavy atom. The van der Waals surface area contributed by atoms with Gasteiger partial charge in [-0.1, -0.05) is 0 Å². The summed E-state index contributed by atoms with van der Waals surface area (Å²) in [5.74, 6) is -0.647. The molecule has 0 aliphatic carbocycles. The van der Waals surface area contributed by atoms with Crippen molar-refractivity contribution in [2.24, 2.45) is 0 Å². The lowest BCUT2D eigenvalue weighted by molar-refractivity contribution is -0.394. The number of hydrogen-bond acceptors (Lipinski definition) is 8. The number of carbonyl (C=O) groups is 1. The van der Waals surface area contributed by atoms with Gasteiger partial charge in [-0.3, -0.25) is 25.0 Å². The van der Waals surface area contributed by atoms with Crippen molar-refractivity contribution < 1.29 is 27.9 Å². The largest absolute Gasteiger partial charge is 0.500 e. The molecule has 1 aromatic carbocycles. The van der Waals surface area contributed by atoms with Crippen molar-refractivity contribution >= 4 is 26.1 Å². The van der Waals surface area contributed by atoms with Gasteiger partial charge in [0.2, 0.25) is 0 Å². The first-order valence-electron chi connectivity index (χ1n) is 7.16. The van der Waals surface area contributed by atoms with E-state index in [0.29, 0.717) is 12.5 Å². The lowest BCUT2D eigenvalue weighted by Crippen LogP contribution is -2.43. The molecule has 0 saturated heterocycles. The zero-order valence-electron chi connectivity index (χ0n) is 14.0. The van der Waals surface area contributed by atoms with E-state index in [1.807, 2.05) is 0 Å². The van der Waals surface area contributed by atoms with E-state index in [0.717, 1.165) is 18.2 Å². The van der Waals surface area contributed by atoms with Gasteiger partial charge in [-0.15, -0.1) is 0 Å². The summed E-state index contributed by atoms with van der Waals surface area (Å²) in [5.41, 5.74) is -1.21. The Morgan fingerprint density at radius 1 is 1.04 bits per heavy atom. The first-order valence-corrected chi connectivity index (χ1v) is 9.09. The van der Waals surface area contributed by atoms with Crippen molar-refractivity contribution in [2.45, 2.75) is 12.5 Å². The summed E-state index contributed by atoms with van der Waals surface area (Å²) in [6.45, 7) is 0.222. The highest BCUT2D eigenvalue weighted by molar-refractivity contribution is 6.60. The van der Waals surface area contributed by atoms with E-state index in [2.05, 4.69) is 5.32 Å². The number of carbonyl (C=O) groups excluding carboxylic acids is 1. The Morgan fingerprint density at radius 3 is 1.92 bits per heavy atom. The highest BCUT2D eigenvalue weighted by Crippen LogP contribution is 2.22. The molecule has 0 aliphatic heterocycles. The van der Waals surface area contributed by atoms with Crippen molar-refractivity contribution in [3.8, 4) is 0 Å². The van der Waals surface area contributed by atoms with E-state index in [1.54, 1.807) is 0 Å². The Hall–Kier alpha value is -2.41. The quantitative estimate of drug-likeness (QED) is 0.281. The minimum absolute atomic E-state index is 0.158. The highest BCUT2D eigenvalue weighted by Gasteiger charge is 2.36. The highest BCUT2D eigenvalue weighted by atomic mass is 28.4. The molecule has 1 amide bonds. The van der Waals surface area contributed by atoms with E-state index in [1.165, 1.54) is 21.3 Å². The third kappa shape index (κ3) is 5.56. The molecule has 0 fully saturated rings. The van der Waals surface area contributed by atoms with Gasteiger partial charge >= 0.3 is 8.80 Å². The van der Waals surface area contributed by atoms with Crippen LogP contribution in [0.3, 0.4) is 0 Å². The van der Waals surface area contributed by atoms with Crippen molar-refractivity contribution in [1.82, 2.24) is 5.32 Å². The smallest absolute Gasteiger partial charge is 0.377 e. The normalized spacial score (nSPS) is 11.2. The summed E-state index contributed by atoms with van der Waals surface area (Å²) in [5, 5.41) is 24.2. The van der Waals surface area contributed by atoms with Crippen LogP contribution in [-0.4, -0.2) is 52.4 Å². The fourth-order valence-electron chi connectivity index (χ4n) is 2.10. The lowest BCUT2D eigenvalue weighted by atomic mass is 10.1. The Labute approximate surface area is 144 Å². The maximum Gasteiger partial charge on any atom is 0.500 e. The van der Waals surface area contributed by atoms with E-state index >= 15 is 0 Å². The number of nitro benzene ring substituents is 2. The zero-order chi connectivity index (χ0) is 19.0. The molecule has 138 valence electrons. The molecule has 0 spiro atoms. The van der Waals surface area contributed by atoms with Gasteiger partial charge in [0.15, 0.2) is 0 Å². The van der Waals surface area contributed by atoms with E-state index in [9.17, 15) is 25.0 Å². The van der Waals surface area contributed by atoms with Crippen LogP contribution in [0.2, 0.25) is 6.04 Å². The number of amides is 1. The Balaban J connectivity index is 2.75. The molecular weight excluding hydrogens is 354 g/mol. The van der Waals surface area contributed by atoms with Crippen molar-refractivity contribution in [2.75, 3.05) is 27.9 Å². The predicted octanol–water partition coefficient (Wildman–Crippen LogP) is 1.50. The third-order valence-electron chi connectivity index (χ3n) is 3.46. The minimum Gasteiger partial charge on any atom is -0.377 e. The second kappa shape index (κ2) is 9.17. The van der Waals surface area contributed by atoms with Crippen LogP contribution in [0.15, 0.2) is 18.2 Å². The topological polar surface area (TPSA) is 143 Å². The summed E-state index contributed by atoms with van der Waals surface area (Å²) >= 11 is 0. The van der Waals surface area contributed by atoms with Crippen molar-refractivity contribution in [1.29, 1.82) is 0 Å². The molecule has 0 radical (unpaired) electrons. The van der Waals surface area contributed by atoms with Gasteiger partial charge in [0.05, 0.1) is 21.5 Å². The van der Waals surface area contributed by atoms with Gasteiger partial charge < -0.3 is 18.6 Å². The average molecular weight is 373 g/mol. The molecule has 0 atom stereocenters. The maximum atomic E-state index is 12.1. The monoisotopic (exact) mass is 373 g/mol. The molecule has 1 rings (SSSR count).